The zero-order chi connectivity index (χ0) is 28.1. The molecule has 41 heavy (non-hydrogen) atoms. The van der Waals surface area contributed by atoms with Crippen molar-refractivity contribution in [2.75, 3.05) is 36.0 Å². The van der Waals surface area contributed by atoms with Gasteiger partial charge < -0.3 is 24.5 Å². The zero-order valence-electron chi connectivity index (χ0n) is 24.1. The van der Waals surface area contributed by atoms with Crippen molar-refractivity contribution in [3.63, 3.8) is 0 Å². The lowest BCUT2D eigenvalue weighted by atomic mass is 9.99. The second-order valence-electron chi connectivity index (χ2n) is 13.0. The van der Waals surface area contributed by atoms with E-state index in [9.17, 15) is 4.79 Å². The fourth-order valence-corrected chi connectivity index (χ4v) is 7.29. The van der Waals surface area contributed by atoms with Crippen molar-refractivity contribution >= 4 is 39.8 Å². The van der Waals surface area contributed by atoms with E-state index in [1.54, 1.807) is 12.7 Å². The van der Waals surface area contributed by atoms with Crippen LogP contribution in [0.1, 0.15) is 52.9 Å². The Kier molecular flexibility index (Phi) is 6.47. The molecule has 0 aromatic carbocycles. The average Bonchev–Trinajstić information content (AvgIpc) is 3.73. The van der Waals surface area contributed by atoms with Crippen LogP contribution in [-0.4, -0.2) is 84.8 Å². The van der Waals surface area contributed by atoms with E-state index >= 15 is 0 Å². The average molecular weight is 558 g/mol. The molecule has 0 radical (unpaired) electrons. The molecule has 4 atom stereocenters. The lowest BCUT2D eigenvalue weighted by Gasteiger charge is -2.41. The number of nitrogens with one attached hydrogen (secondary N) is 2. The highest BCUT2D eigenvalue weighted by Gasteiger charge is 2.45. The number of hydrogen-bond donors (Lipinski definition) is 2. The second kappa shape index (κ2) is 10.2. The van der Waals surface area contributed by atoms with Gasteiger partial charge in [0, 0.05) is 38.6 Å². The minimum absolute atomic E-state index is 0.183. The standard InChI is InChI=1S/C17H23N5O2.C13H16N4/c1-17(2,3)24-16(23)22-11-4-5-12(22)9-21(8-11)15-13-6-7-18-14(13)19-10-20-15;1-2-10-5-9(1)6-17(7-10)13-11-3-4-14-12(11)15-8-16-13/h6-7,10-12H,4-5,8-9H2,1-3H3,(H,18,19,20);3-4,8-10H,1-2,5-7H2,(H,14,15,16). The molecule has 3 saturated heterocycles. The molecule has 4 aromatic heterocycles. The van der Waals surface area contributed by atoms with Gasteiger partial charge >= 0.3 is 6.09 Å². The highest BCUT2D eigenvalue weighted by molar-refractivity contribution is 5.88. The van der Waals surface area contributed by atoms with Crippen LogP contribution in [0.5, 0.6) is 0 Å². The molecule has 1 aliphatic carbocycles. The number of piperazine rings is 1. The Hall–Kier alpha value is -3.89. The Bertz CT molecular complexity index is 1520. The summed E-state index contributed by atoms with van der Waals surface area (Å²) < 4.78 is 5.59. The van der Waals surface area contributed by atoms with E-state index in [-0.39, 0.29) is 18.2 Å². The minimum atomic E-state index is -0.461. The van der Waals surface area contributed by atoms with Crippen molar-refractivity contribution in [1.82, 2.24) is 34.8 Å². The summed E-state index contributed by atoms with van der Waals surface area (Å²) in [5.74, 6) is 3.84. The predicted octanol–water partition coefficient (Wildman–Crippen LogP) is 4.74. The molecule has 1 saturated carbocycles. The van der Waals surface area contributed by atoms with E-state index in [4.69, 9.17) is 4.74 Å². The monoisotopic (exact) mass is 557 g/mol. The Morgan fingerprint density at radius 3 is 1.80 bits per heavy atom. The quantitative estimate of drug-likeness (QED) is 0.363. The Morgan fingerprint density at radius 2 is 1.29 bits per heavy atom. The first-order chi connectivity index (χ1) is 19.8. The molecule has 4 unspecified atom stereocenters. The molecule has 11 heteroatoms. The molecule has 11 nitrogen and oxygen atoms in total. The predicted molar refractivity (Wildman–Crippen MR) is 158 cm³/mol. The van der Waals surface area contributed by atoms with Gasteiger partial charge in [-0.05, 0) is 76.8 Å². The summed E-state index contributed by atoms with van der Waals surface area (Å²) in [6, 6.07) is 4.46. The van der Waals surface area contributed by atoms with Crippen molar-refractivity contribution in [1.29, 1.82) is 0 Å². The van der Waals surface area contributed by atoms with Gasteiger partial charge in [0.2, 0.25) is 0 Å². The number of piperidine rings is 1. The van der Waals surface area contributed by atoms with Crippen molar-refractivity contribution in [3.05, 3.63) is 37.2 Å². The number of amides is 1. The molecule has 4 aromatic rings. The van der Waals surface area contributed by atoms with Crippen LogP contribution in [0.3, 0.4) is 0 Å². The number of aromatic nitrogens is 6. The van der Waals surface area contributed by atoms with Crippen LogP contribution in [-0.2, 0) is 4.74 Å². The summed E-state index contributed by atoms with van der Waals surface area (Å²) >= 11 is 0. The molecule has 1 amide bonds. The third kappa shape index (κ3) is 5.06. The summed E-state index contributed by atoms with van der Waals surface area (Å²) in [6.45, 7) is 9.65. The third-order valence-corrected chi connectivity index (χ3v) is 8.96. The van der Waals surface area contributed by atoms with E-state index in [0.717, 1.165) is 71.5 Å². The molecule has 0 spiro atoms. The summed E-state index contributed by atoms with van der Waals surface area (Å²) in [5, 5.41) is 2.19. The first-order valence-electron chi connectivity index (χ1n) is 14.9. The van der Waals surface area contributed by atoms with Crippen molar-refractivity contribution < 1.29 is 9.53 Å². The SMILES string of the molecule is CC(C)(C)OC(=O)N1C2CCC1CN(c1ncnc3[nH]ccc13)C2.c1nc(N2CC3CCC(C3)C2)c2cc[nH]c2n1. The largest absolute Gasteiger partial charge is 0.444 e. The molecular weight excluding hydrogens is 518 g/mol. The van der Waals surface area contributed by atoms with Crippen LogP contribution in [0.15, 0.2) is 37.2 Å². The summed E-state index contributed by atoms with van der Waals surface area (Å²) in [6.07, 6.45) is 13.2. The number of nitrogens with zero attached hydrogens (tertiary/aromatic N) is 7. The van der Waals surface area contributed by atoms with E-state index < -0.39 is 5.60 Å². The van der Waals surface area contributed by atoms with Gasteiger partial charge in [0.05, 0.1) is 22.9 Å². The third-order valence-electron chi connectivity index (χ3n) is 8.96. The molecule has 4 bridgehead atoms. The molecule has 3 aliphatic heterocycles. The summed E-state index contributed by atoms with van der Waals surface area (Å²) in [5.41, 5.74) is 1.34. The fourth-order valence-electron chi connectivity index (χ4n) is 7.29. The molecule has 4 fully saturated rings. The normalized spacial score (nSPS) is 25.5. The van der Waals surface area contributed by atoms with Gasteiger partial charge in [-0.2, -0.15) is 0 Å². The smallest absolute Gasteiger partial charge is 0.410 e. The maximum atomic E-state index is 12.5. The van der Waals surface area contributed by atoms with Crippen LogP contribution in [0, 0.1) is 11.8 Å². The van der Waals surface area contributed by atoms with Gasteiger partial charge in [0.15, 0.2) is 0 Å². The molecule has 8 rings (SSSR count). The molecule has 7 heterocycles. The topological polar surface area (TPSA) is 119 Å². The summed E-state index contributed by atoms with van der Waals surface area (Å²) in [4.78, 5) is 43.0. The summed E-state index contributed by atoms with van der Waals surface area (Å²) in [7, 11) is 0. The zero-order valence-corrected chi connectivity index (χ0v) is 24.1. The van der Waals surface area contributed by atoms with Gasteiger partial charge in [0.1, 0.15) is 41.2 Å². The number of carbonyl (C=O) groups excluding carboxylic acids is 1. The van der Waals surface area contributed by atoms with Crippen LogP contribution < -0.4 is 9.80 Å². The lowest BCUT2D eigenvalue weighted by Crippen LogP contribution is -2.57. The van der Waals surface area contributed by atoms with Gasteiger partial charge in [-0.25, -0.2) is 24.7 Å². The van der Waals surface area contributed by atoms with E-state index in [1.807, 2.05) is 44.1 Å². The Balaban J connectivity index is 0.000000142. The molecule has 2 N–H and O–H groups in total. The number of aromatic amines is 2. The van der Waals surface area contributed by atoms with Crippen LogP contribution in [0.2, 0.25) is 0 Å². The van der Waals surface area contributed by atoms with Crippen molar-refractivity contribution in [2.45, 2.75) is 70.6 Å². The minimum Gasteiger partial charge on any atom is -0.444 e. The van der Waals surface area contributed by atoms with Crippen LogP contribution >= 0.6 is 0 Å². The van der Waals surface area contributed by atoms with Gasteiger partial charge in [-0.3, -0.25) is 4.90 Å². The first-order valence-corrected chi connectivity index (χ1v) is 14.9. The molecule has 216 valence electrons. The number of ether oxygens (including phenoxy) is 1. The first kappa shape index (κ1) is 26.0. The molecule has 4 aliphatic rings. The van der Waals surface area contributed by atoms with Gasteiger partial charge in [-0.1, -0.05) is 0 Å². The highest BCUT2D eigenvalue weighted by Crippen LogP contribution is 2.39. The van der Waals surface area contributed by atoms with E-state index in [2.05, 4.69) is 45.8 Å². The second-order valence-corrected chi connectivity index (χ2v) is 13.0. The Labute approximate surface area is 239 Å². The van der Waals surface area contributed by atoms with Crippen LogP contribution in [0.25, 0.3) is 22.1 Å². The van der Waals surface area contributed by atoms with Gasteiger partial charge in [0.25, 0.3) is 0 Å². The number of fused-ring (bicyclic) bond motifs is 6. The van der Waals surface area contributed by atoms with Gasteiger partial charge in [-0.15, -0.1) is 0 Å². The maximum Gasteiger partial charge on any atom is 0.410 e. The fraction of sp³-hybridized carbons (Fsp3) is 0.567. The van der Waals surface area contributed by atoms with E-state index in [0.29, 0.717) is 0 Å². The number of anilines is 2. The number of rotatable bonds is 2. The molecular formula is C30H39N9O2. The number of carbonyl (C=O) groups is 1. The highest BCUT2D eigenvalue weighted by atomic mass is 16.6. The number of H-pyrrole nitrogens is 2. The van der Waals surface area contributed by atoms with Crippen molar-refractivity contribution in [3.8, 4) is 0 Å². The van der Waals surface area contributed by atoms with E-state index in [1.165, 1.54) is 32.4 Å². The number of hydrogen-bond acceptors (Lipinski definition) is 8. The maximum absolute atomic E-state index is 12.5. The van der Waals surface area contributed by atoms with Crippen molar-refractivity contribution in [2.24, 2.45) is 11.8 Å². The van der Waals surface area contributed by atoms with Crippen LogP contribution in [0.4, 0.5) is 16.4 Å². The Morgan fingerprint density at radius 1 is 0.780 bits per heavy atom. The lowest BCUT2D eigenvalue weighted by molar-refractivity contribution is 0.0123.